The zero-order valence-corrected chi connectivity index (χ0v) is 13.2. The molecular weight excluding hydrogens is 423 g/mol. The van der Waals surface area contributed by atoms with E-state index in [-0.39, 0.29) is 5.56 Å². The number of hydroxylamine groups is 2. The molecule has 2 rings (SSSR count). The summed E-state index contributed by atoms with van der Waals surface area (Å²) in [4.78, 5) is 3.97. The minimum absolute atomic E-state index is 0.277. The normalized spacial score (nSPS) is 23.3. The van der Waals surface area contributed by atoms with Crippen molar-refractivity contribution < 1.29 is 58.2 Å². The van der Waals surface area contributed by atoms with Crippen LogP contribution < -0.4 is 0 Å². The van der Waals surface area contributed by atoms with Gasteiger partial charge in [0.05, 0.1) is 6.04 Å². The van der Waals surface area contributed by atoms with Gasteiger partial charge in [0.15, 0.2) is 6.29 Å². The van der Waals surface area contributed by atoms with Crippen molar-refractivity contribution >= 4 is 0 Å². The molecule has 1 aromatic carbocycles. The topological polar surface area (TPSA) is 32.7 Å². The molecule has 2 unspecified atom stereocenters. The lowest BCUT2D eigenvalue weighted by atomic mass is 9.99. The van der Waals surface area contributed by atoms with Gasteiger partial charge in [-0.1, -0.05) is 30.3 Å². The van der Waals surface area contributed by atoms with E-state index < -0.39 is 53.8 Å². The van der Waals surface area contributed by atoms with Gasteiger partial charge in [0.1, 0.15) is 0 Å². The average molecular weight is 433 g/mol. The molecule has 1 N–H and O–H groups in total. The Hall–Kier alpha value is -1.67. The van der Waals surface area contributed by atoms with Gasteiger partial charge in [0.2, 0.25) is 0 Å². The Morgan fingerprint density at radius 3 is 1.75 bits per heavy atom. The van der Waals surface area contributed by atoms with Crippen LogP contribution in [-0.2, 0) is 4.84 Å². The maximum absolute atomic E-state index is 14.2. The molecule has 0 spiro atoms. The molecule has 0 bridgehead atoms. The number of benzene rings is 1. The van der Waals surface area contributed by atoms with Crippen LogP contribution in [0, 0.1) is 0 Å². The number of aliphatic hydroxyl groups is 1. The molecule has 1 heterocycles. The molecule has 160 valence electrons. The standard InChI is InChI=1S/C14H10F11NO2/c15-10(16,11(17,18)13(21,22)23)12(19,20)14(24,25)26-8(6-9(27)28-26)7-4-2-1-3-5-7/h1-5,8-9,27H,6H2. The maximum Gasteiger partial charge on any atom is 0.460 e. The van der Waals surface area contributed by atoms with Crippen LogP contribution in [0.4, 0.5) is 48.3 Å². The fraction of sp³-hybridized carbons (Fsp3) is 0.571. The highest BCUT2D eigenvalue weighted by molar-refractivity contribution is 5.20. The van der Waals surface area contributed by atoms with Gasteiger partial charge in [-0.25, -0.2) is 0 Å². The van der Waals surface area contributed by atoms with E-state index in [2.05, 4.69) is 4.84 Å². The number of alkyl halides is 11. The van der Waals surface area contributed by atoms with Gasteiger partial charge in [0.25, 0.3) is 0 Å². The third-order valence-corrected chi connectivity index (χ3v) is 3.93. The summed E-state index contributed by atoms with van der Waals surface area (Å²) in [6.07, 6.45) is -10.4. The summed E-state index contributed by atoms with van der Waals surface area (Å²) >= 11 is 0. The number of aliphatic hydroxyl groups excluding tert-OH is 1. The number of nitrogens with zero attached hydrogens (tertiary/aromatic N) is 1. The lowest BCUT2D eigenvalue weighted by Gasteiger charge is -2.40. The number of hydrogen-bond donors (Lipinski definition) is 1. The van der Waals surface area contributed by atoms with Crippen molar-refractivity contribution in [2.45, 2.75) is 48.7 Å². The summed E-state index contributed by atoms with van der Waals surface area (Å²) in [7, 11) is 0. The molecule has 28 heavy (non-hydrogen) atoms. The number of hydrogen-bond acceptors (Lipinski definition) is 3. The molecule has 1 aromatic rings. The van der Waals surface area contributed by atoms with Crippen molar-refractivity contribution in [3.8, 4) is 0 Å². The second kappa shape index (κ2) is 6.69. The highest BCUT2D eigenvalue weighted by Crippen LogP contribution is 2.59. The average Bonchev–Trinajstić information content (AvgIpc) is 2.96. The predicted molar refractivity (Wildman–Crippen MR) is 68.6 cm³/mol. The van der Waals surface area contributed by atoms with Crippen LogP contribution in [0.25, 0.3) is 0 Å². The monoisotopic (exact) mass is 433 g/mol. The van der Waals surface area contributed by atoms with E-state index in [1.165, 1.54) is 18.2 Å². The molecule has 1 aliphatic rings. The Morgan fingerprint density at radius 2 is 1.29 bits per heavy atom. The lowest BCUT2D eigenvalue weighted by molar-refractivity contribution is -0.468. The van der Waals surface area contributed by atoms with E-state index in [4.69, 9.17) is 0 Å². The summed E-state index contributed by atoms with van der Waals surface area (Å²) in [5, 5.41) is 8.11. The fourth-order valence-corrected chi connectivity index (χ4v) is 2.45. The van der Waals surface area contributed by atoms with E-state index in [1.54, 1.807) is 0 Å². The van der Waals surface area contributed by atoms with Gasteiger partial charge in [0, 0.05) is 6.42 Å². The minimum atomic E-state index is -7.56. The van der Waals surface area contributed by atoms with Crippen molar-refractivity contribution in [2.24, 2.45) is 0 Å². The summed E-state index contributed by atoms with van der Waals surface area (Å²) < 4.78 is 145. The first-order chi connectivity index (χ1) is 12.5. The molecule has 0 aromatic heterocycles. The molecule has 14 heteroatoms. The quantitative estimate of drug-likeness (QED) is 0.538. The van der Waals surface area contributed by atoms with Crippen LogP contribution in [0.2, 0.25) is 0 Å². The molecule has 0 saturated carbocycles. The Morgan fingerprint density at radius 1 is 0.786 bits per heavy atom. The highest BCUT2D eigenvalue weighted by Gasteiger charge is 2.88. The fourth-order valence-electron chi connectivity index (χ4n) is 2.45. The van der Waals surface area contributed by atoms with Crippen LogP contribution in [0.3, 0.4) is 0 Å². The maximum atomic E-state index is 14.2. The van der Waals surface area contributed by atoms with Crippen LogP contribution >= 0.6 is 0 Å². The predicted octanol–water partition coefficient (Wildman–Crippen LogP) is 4.74. The van der Waals surface area contributed by atoms with Crippen LogP contribution in [0.1, 0.15) is 18.0 Å². The zero-order valence-electron chi connectivity index (χ0n) is 13.2. The van der Waals surface area contributed by atoms with Crippen molar-refractivity contribution in [1.82, 2.24) is 5.06 Å². The molecular formula is C14H10F11NO2. The van der Waals surface area contributed by atoms with Gasteiger partial charge >= 0.3 is 30.0 Å². The van der Waals surface area contributed by atoms with Crippen LogP contribution in [-0.4, -0.2) is 46.5 Å². The first-order valence-corrected chi connectivity index (χ1v) is 7.25. The third-order valence-electron chi connectivity index (χ3n) is 3.93. The van der Waals surface area contributed by atoms with E-state index in [1.807, 2.05) is 0 Å². The zero-order chi connectivity index (χ0) is 21.8. The van der Waals surface area contributed by atoms with Gasteiger partial charge in [-0.15, -0.1) is 5.06 Å². The molecule has 1 saturated heterocycles. The second-order valence-corrected chi connectivity index (χ2v) is 5.81. The van der Waals surface area contributed by atoms with E-state index in [0.717, 1.165) is 12.1 Å². The largest absolute Gasteiger partial charge is 0.460 e. The molecule has 0 radical (unpaired) electrons. The van der Waals surface area contributed by atoms with Crippen LogP contribution in [0.15, 0.2) is 30.3 Å². The molecule has 1 fully saturated rings. The van der Waals surface area contributed by atoms with E-state index in [9.17, 15) is 53.4 Å². The van der Waals surface area contributed by atoms with E-state index in [0.29, 0.717) is 0 Å². The summed E-state index contributed by atoms with van der Waals surface area (Å²) in [6.45, 7) is 0. The first-order valence-electron chi connectivity index (χ1n) is 7.25. The molecule has 0 amide bonds. The van der Waals surface area contributed by atoms with Gasteiger partial charge in [-0.2, -0.15) is 48.3 Å². The SMILES string of the molecule is OC1CC(c2ccccc2)N(C(F)(F)C(F)(F)C(F)(F)C(F)(F)C(F)(F)F)O1. The lowest BCUT2D eigenvalue weighted by Crippen LogP contribution is -2.69. The Balaban J connectivity index is 2.51. The summed E-state index contributed by atoms with van der Waals surface area (Å²) in [5.41, 5.74) is -0.277. The van der Waals surface area contributed by atoms with Crippen molar-refractivity contribution in [2.75, 3.05) is 0 Å². The van der Waals surface area contributed by atoms with Gasteiger partial charge < -0.3 is 5.11 Å². The van der Waals surface area contributed by atoms with Crippen LogP contribution in [0.5, 0.6) is 0 Å². The van der Waals surface area contributed by atoms with Crippen molar-refractivity contribution in [3.05, 3.63) is 35.9 Å². The van der Waals surface area contributed by atoms with E-state index >= 15 is 0 Å². The smallest absolute Gasteiger partial charge is 0.366 e. The molecule has 2 atom stereocenters. The Labute approximate surface area is 149 Å². The molecule has 0 aliphatic carbocycles. The van der Waals surface area contributed by atoms with Gasteiger partial charge in [-0.3, -0.25) is 4.84 Å². The summed E-state index contributed by atoms with van der Waals surface area (Å²) in [6, 6.07) is -2.58. The third kappa shape index (κ3) is 3.20. The highest BCUT2D eigenvalue weighted by atomic mass is 19.4. The molecule has 3 nitrogen and oxygen atoms in total. The van der Waals surface area contributed by atoms with Crippen molar-refractivity contribution in [3.63, 3.8) is 0 Å². The number of halogens is 11. The second-order valence-electron chi connectivity index (χ2n) is 5.81. The summed E-state index contributed by atoms with van der Waals surface area (Å²) in [5.74, 6) is -22.3. The first kappa shape index (κ1) is 22.6. The number of rotatable bonds is 5. The molecule has 1 aliphatic heterocycles. The Kier molecular flexibility index (Phi) is 5.41. The van der Waals surface area contributed by atoms with Crippen molar-refractivity contribution in [1.29, 1.82) is 0 Å². The van der Waals surface area contributed by atoms with Gasteiger partial charge in [-0.05, 0) is 5.56 Å². The minimum Gasteiger partial charge on any atom is -0.366 e. The Bertz CT molecular complexity index is 692.